The number of thiophene rings is 1. The first kappa shape index (κ1) is 14.6. The van der Waals surface area contributed by atoms with Gasteiger partial charge in [0.05, 0.1) is 12.0 Å². The van der Waals surface area contributed by atoms with Crippen LogP contribution < -0.4 is 5.73 Å². The van der Waals surface area contributed by atoms with Crippen molar-refractivity contribution in [2.24, 2.45) is 0 Å². The number of rotatable bonds is 5. The Balaban J connectivity index is 1.94. The molecule has 3 nitrogen and oxygen atoms in total. The van der Waals surface area contributed by atoms with Crippen LogP contribution >= 0.6 is 11.3 Å². The lowest BCUT2D eigenvalue weighted by Crippen LogP contribution is -2.31. The molecule has 0 aliphatic carbocycles. The molecule has 1 heterocycles. The first-order chi connectivity index (χ1) is 9.50. The number of hydrogen-bond acceptors (Lipinski definition) is 4. The number of nitrogens with two attached hydrogens (primary N) is 1. The molecule has 0 spiro atoms. The Hall–Kier alpha value is -1.81. The molecule has 1 aromatic heterocycles. The maximum absolute atomic E-state index is 12.2. The van der Waals surface area contributed by atoms with Gasteiger partial charge in [0.1, 0.15) is 0 Å². The molecule has 0 unspecified atom stereocenters. The SMILES string of the molecule is CC(C)(C(=O)OCCc1cccs1)c1ccc(N)cc1. The summed E-state index contributed by atoms with van der Waals surface area (Å²) in [5.74, 6) is -0.209. The van der Waals surface area contributed by atoms with Gasteiger partial charge < -0.3 is 10.5 Å². The number of esters is 1. The third kappa shape index (κ3) is 3.39. The highest BCUT2D eigenvalue weighted by molar-refractivity contribution is 7.09. The highest BCUT2D eigenvalue weighted by atomic mass is 32.1. The lowest BCUT2D eigenvalue weighted by atomic mass is 9.85. The number of hydrogen-bond donors (Lipinski definition) is 1. The van der Waals surface area contributed by atoms with Crippen molar-refractivity contribution in [1.29, 1.82) is 0 Å². The second kappa shape index (κ2) is 6.09. The Bertz CT molecular complexity index is 559. The monoisotopic (exact) mass is 289 g/mol. The van der Waals surface area contributed by atoms with Crippen LogP contribution in [-0.2, 0) is 21.4 Å². The van der Waals surface area contributed by atoms with Gasteiger partial charge in [0, 0.05) is 17.0 Å². The summed E-state index contributed by atoms with van der Waals surface area (Å²) < 4.78 is 5.40. The maximum atomic E-state index is 12.2. The summed E-state index contributed by atoms with van der Waals surface area (Å²) in [7, 11) is 0. The van der Waals surface area contributed by atoms with Crippen LogP contribution in [0.1, 0.15) is 24.3 Å². The van der Waals surface area contributed by atoms with E-state index in [1.54, 1.807) is 23.5 Å². The molecule has 0 radical (unpaired) electrons. The van der Waals surface area contributed by atoms with E-state index in [1.165, 1.54) is 4.88 Å². The van der Waals surface area contributed by atoms with E-state index in [0.717, 1.165) is 12.0 Å². The molecule has 106 valence electrons. The third-order valence-electron chi connectivity index (χ3n) is 3.30. The fourth-order valence-corrected chi connectivity index (χ4v) is 2.59. The standard InChI is InChI=1S/C16H19NO2S/c1-16(2,12-5-7-13(17)8-6-12)15(18)19-10-9-14-4-3-11-20-14/h3-8,11H,9-10,17H2,1-2H3. The van der Waals surface area contributed by atoms with Gasteiger partial charge in [-0.2, -0.15) is 0 Å². The second-order valence-corrected chi connectivity index (χ2v) is 6.24. The summed E-state index contributed by atoms with van der Waals surface area (Å²) in [5.41, 5.74) is 6.60. The van der Waals surface area contributed by atoms with E-state index < -0.39 is 5.41 Å². The third-order valence-corrected chi connectivity index (χ3v) is 4.24. The van der Waals surface area contributed by atoms with Gasteiger partial charge in [-0.25, -0.2) is 0 Å². The van der Waals surface area contributed by atoms with Crippen molar-refractivity contribution in [2.45, 2.75) is 25.7 Å². The predicted molar refractivity (Wildman–Crippen MR) is 82.9 cm³/mol. The lowest BCUT2D eigenvalue weighted by molar-refractivity contribution is -0.149. The second-order valence-electron chi connectivity index (χ2n) is 5.21. The Kier molecular flexibility index (Phi) is 4.45. The van der Waals surface area contributed by atoms with Gasteiger partial charge in [0.15, 0.2) is 0 Å². The molecule has 2 aromatic rings. The van der Waals surface area contributed by atoms with E-state index in [4.69, 9.17) is 10.5 Å². The molecule has 0 aliphatic rings. The van der Waals surface area contributed by atoms with Crippen LogP contribution in [-0.4, -0.2) is 12.6 Å². The summed E-state index contributed by atoms with van der Waals surface area (Å²) in [6, 6.07) is 11.4. The summed E-state index contributed by atoms with van der Waals surface area (Å²) in [6.07, 6.45) is 0.765. The minimum absolute atomic E-state index is 0.209. The average Bonchev–Trinajstić information content (AvgIpc) is 2.92. The van der Waals surface area contributed by atoms with Crippen molar-refractivity contribution < 1.29 is 9.53 Å². The highest BCUT2D eigenvalue weighted by Crippen LogP contribution is 2.25. The summed E-state index contributed by atoms with van der Waals surface area (Å²) in [4.78, 5) is 13.5. The fourth-order valence-electron chi connectivity index (χ4n) is 1.90. The van der Waals surface area contributed by atoms with E-state index >= 15 is 0 Å². The topological polar surface area (TPSA) is 52.3 Å². The van der Waals surface area contributed by atoms with Crippen molar-refractivity contribution in [3.05, 3.63) is 52.2 Å². The molecule has 0 bridgehead atoms. The number of anilines is 1. The smallest absolute Gasteiger partial charge is 0.315 e. The van der Waals surface area contributed by atoms with Crippen molar-refractivity contribution in [3.63, 3.8) is 0 Å². The number of carbonyl (C=O) groups is 1. The van der Waals surface area contributed by atoms with Gasteiger partial charge in [-0.3, -0.25) is 4.79 Å². The summed E-state index contributed by atoms with van der Waals surface area (Å²) in [5, 5.41) is 2.02. The number of benzene rings is 1. The van der Waals surface area contributed by atoms with Gasteiger partial charge in [0.25, 0.3) is 0 Å². The van der Waals surface area contributed by atoms with Gasteiger partial charge in [0.2, 0.25) is 0 Å². The maximum Gasteiger partial charge on any atom is 0.315 e. The van der Waals surface area contributed by atoms with Crippen molar-refractivity contribution in [3.8, 4) is 0 Å². The molecule has 0 amide bonds. The molecular weight excluding hydrogens is 270 g/mol. The molecule has 1 aromatic carbocycles. The minimum atomic E-state index is -0.664. The first-order valence-corrected chi connectivity index (χ1v) is 7.44. The largest absolute Gasteiger partial charge is 0.465 e. The van der Waals surface area contributed by atoms with E-state index in [1.807, 2.05) is 43.5 Å². The Morgan fingerprint density at radius 3 is 2.55 bits per heavy atom. The van der Waals surface area contributed by atoms with E-state index in [9.17, 15) is 4.79 Å². The molecule has 0 saturated heterocycles. The van der Waals surface area contributed by atoms with Crippen LogP contribution in [0.15, 0.2) is 41.8 Å². The highest BCUT2D eigenvalue weighted by Gasteiger charge is 2.31. The molecule has 2 rings (SSSR count). The van der Waals surface area contributed by atoms with Gasteiger partial charge >= 0.3 is 5.97 Å². The molecule has 2 N–H and O–H groups in total. The van der Waals surface area contributed by atoms with Crippen LogP contribution in [0.2, 0.25) is 0 Å². The average molecular weight is 289 g/mol. The molecule has 4 heteroatoms. The summed E-state index contributed by atoms with van der Waals surface area (Å²) in [6.45, 7) is 4.15. The molecule has 0 aliphatic heterocycles. The summed E-state index contributed by atoms with van der Waals surface area (Å²) >= 11 is 1.67. The van der Waals surface area contributed by atoms with E-state index in [0.29, 0.717) is 12.3 Å². The van der Waals surface area contributed by atoms with Crippen LogP contribution in [0.3, 0.4) is 0 Å². The zero-order valence-corrected chi connectivity index (χ0v) is 12.6. The van der Waals surface area contributed by atoms with Crippen LogP contribution in [0, 0.1) is 0 Å². The fraction of sp³-hybridized carbons (Fsp3) is 0.312. The van der Waals surface area contributed by atoms with Crippen molar-refractivity contribution >= 4 is 23.0 Å². The molecule has 0 fully saturated rings. The zero-order chi connectivity index (χ0) is 14.6. The van der Waals surface area contributed by atoms with Gasteiger partial charge in [-0.15, -0.1) is 11.3 Å². The van der Waals surface area contributed by atoms with Gasteiger partial charge in [-0.05, 0) is 43.0 Å². The van der Waals surface area contributed by atoms with Crippen LogP contribution in [0.4, 0.5) is 5.69 Å². The van der Waals surface area contributed by atoms with Crippen molar-refractivity contribution in [1.82, 2.24) is 0 Å². The lowest BCUT2D eigenvalue weighted by Gasteiger charge is -2.23. The minimum Gasteiger partial charge on any atom is -0.465 e. The Labute approximate surface area is 123 Å². The predicted octanol–water partition coefficient (Wildman–Crippen LogP) is 3.39. The molecule has 0 atom stereocenters. The van der Waals surface area contributed by atoms with E-state index in [-0.39, 0.29) is 5.97 Å². The zero-order valence-electron chi connectivity index (χ0n) is 11.8. The Morgan fingerprint density at radius 1 is 1.25 bits per heavy atom. The molecule has 20 heavy (non-hydrogen) atoms. The normalized spacial score (nSPS) is 11.3. The molecule has 0 saturated carbocycles. The van der Waals surface area contributed by atoms with Crippen LogP contribution in [0.25, 0.3) is 0 Å². The van der Waals surface area contributed by atoms with Gasteiger partial charge in [-0.1, -0.05) is 18.2 Å². The molecular formula is C16H19NO2S. The Morgan fingerprint density at radius 2 is 1.95 bits per heavy atom. The van der Waals surface area contributed by atoms with Crippen molar-refractivity contribution in [2.75, 3.05) is 12.3 Å². The van der Waals surface area contributed by atoms with E-state index in [2.05, 4.69) is 0 Å². The number of ether oxygens (including phenoxy) is 1. The number of nitrogen functional groups attached to an aromatic ring is 1. The quantitative estimate of drug-likeness (QED) is 0.678. The number of carbonyl (C=O) groups excluding carboxylic acids is 1. The first-order valence-electron chi connectivity index (χ1n) is 6.56. The van der Waals surface area contributed by atoms with Crippen LogP contribution in [0.5, 0.6) is 0 Å².